The van der Waals surface area contributed by atoms with Gasteiger partial charge in [-0.25, -0.2) is 4.98 Å². The van der Waals surface area contributed by atoms with E-state index in [1.54, 1.807) is 10.8 Å². The van der Waals surface area contributed by atoms with Crippen molar-refractivity contribution in [2.24, 2.45) is 0 Å². The van der Waals surface area contributed by atoms with Gasteiger partial charge in [0.1, 0.15) is 5.65 Å². The van der Waals surface area contributed by atoms with Gasteiger partial charge in [-0.3, -0.25) is 14.2 Å². The van der Waals surface area contributed by atoms with Crippen molar-refractivity contribution in [1.82, 2.24) is 29.7 Å². The first kappa shape index (κ1) is 28.6. The Labute approximate surface area is 241 Å². The van der Waals surface area contributed by atoms with Gasteiger partial charge in [0.25, 0.3) is 5.56 Å². The highest BCUT2D eigenvalue weighted by Gasteiger charge is 2.26. The molecule has 10 nitrogen and oxygen atoms in total. The molecule has 216 valence electrons. The summed E-state index contributed by atoms with van der Waals surface area (Å²) in [5.41, 5.74) is 2.93. The van der Waals surface area contributed by atoms with Crippen LogP contribution < -0.4 is 21.1 Å². The Balaban J connectivity index is 1.32. The Morgan fingerprint density at radius 3 is 2.46 bits per heavy atom. The van der Waals surface area contributed by atoms with Gasteiger partial charge in [-0.1, -0.05) is 5.92 Å². The fourth-order valence-electron chi connectivity index (χ4n) is 5.71. The molecule has 10 heteroatoms. The zero-order valence-electron chi connectivity index (χ0n) is 24.3. The molecule has 1 amide bonds. The van der Waals surface area contributed by atoms with Crippen LogP contribution in [0, 0.1) is 12.3 Å². The second kappa shape index (κ2) is 12.7. The molecule has 1 aromatic carbocycles. The molecule has 2 N–H and O–H groups in total. The van der Waals surface area contributed by atoms with Crippen LogP contribution in [0.1, 0.15) is 43.7 Å². The molecular weight excluding hydrogens is 516 g/mol. The van der Waals surface area contributed by atoms with E-state index in [0.29, 0.717) is 29.0 Å². The summed E-state index contributed by atoms with van der Waals surface area (Å²) in [6, 6.07) is 9.87. The van der Waals surface area contributed by atoms with Gasteiger partial charge in [0.2, 0.25) is 11.9 Å². The monoisotopic (exact) mass is 556 g/mol. The molecule has 3 heterocycles. The molecule has 0 atom stereocenters. The number of nitrogens with one attached hydrogen (secondary N) is 2. The maximum absolute atomic E-state index is 13.3. The number of terminal acetylenes is 1. The van der Waals surface area contributed by atoms with Crippen molar-refractivity contribution in [1.29, 1.82) is 0 Å². The second-order valence-electron chi connectivity index (χ2n) is 11.4. The Bertz CT molecular complexity index is 1460. The number of benzene rings is 1. The zero-order chi connectivity index (χ0) is 28.9. The van der Waals surface area contributed by atoms with Gasteiger partial charge in [0.15, 0.2) is 0 Å². The Kier molecular flexibility index (Phi) is 8.86. The Hall–Kier alpha value is -3.94. The number of carbonyl (C=O) groups is 1. The molecule has 0 spiro atoms. The summed E-state index contributed by atoms with van der Waals surface area (Å²) in [7, 11) is 6.07. The van der Waals surface area contributed by atoms with E-state index in [9.17, 15) is 9.59 Å². The van der Waals surface area contributed by atoms with Crippen molar-refractivity contribution in [3.05, 3.63) is 52.4 Å². The molecule has 0 radical (unpaired) electrons. The highest BCUT2D eigenvalue weighted by molar-refractivity contribution is 5.82. The van der Waals surface area contributed by atoms with Crippen molar-refractivity contribution in [3.63, 3.8) is 0 Å². The first-order valence-corrected chi connectivity index (χ1v) is 14.4. The summed E-state index contributed by atoms with van der Waals surface area (Å²) in [6.07, 6.45) is 11.1. The minimum absolute atomic E-state index is 0.0302. The number of fused-ring (bicyclic) bond motifs is 1. The Morgan fingerprint density at radius 2 is 1.80 bits per heavy atom. The number of likely N-dealkylation sites (N-methyl/N-ethyl adjacent to an activating group) is 1. The number of anilines is 3. The molecule has 2 fully saturated rings. The van der Waals surface area contributed by atoms with Gasteiger partial charge < -0.3 is 25.3 Å². The summed E-state index contributed by atoms with van der Waals surface area (Å²) in [6.45, 7) is 4.85. The van der Waals surface area contributed by atoms with Crippen LogP contribution in [0.15, 0.2) is 41.3 Å². The highest BCUT2D eigenvalue weighted by atomic mass is 16.1. The fourth-order valence-corrected chi connectivity index (χ4v) is 5.71. The van der Waals surface area contributed by atoms with E-state index >= 15 is 0 Å². The van der Waals surface area contributed by atoms with Gasteiger partial charge in [-0.2, -0.15) is 4.98 Å². The lowest BCUT2D eigenvalue weighted by Gasteiger charge is -2.34. The highest BCUT2D eigenvalue weighted by Crippen LogP contribution is 2.31. The largest absolute Gasteiger partial charge is 0.369 e. The minimum Gasteiger partial charge on any atom is -0.369 e. The maximum atomic E-state index is 13.3. The third-order valence-corrected chi connectivity index (χ3v) is 8.15. The number of amides is 1. The van der Waals surface area contributed by atoms with Crippen molar-refractivity contribution in [2.75, 3.05) is 64.1 Å². The van der Waals surface area contributed by atoms with Gasteiger partial charge in [0.05, 0.1) is 5.39 Å². The standard InChI is InChI=1S/C31H40N8O2/c1-5-22-20-29(41)39(26-12-8-23(9-13-26)33-28(40)14-15-36(2)3)30-27(22)21-32-31(35-30)34-24-6-10-25(11-7-24)38-18-16-37(4)17-19-38/h1,6-7,10-11,20-21,23,26H,8-9,12-19H2,2-4H3,(H,33,40)(H,32,34,35). The number of rotatable bonds is 8. The van der Waals surface area contributed by atoms with Crippen molar-refractivity contribution < 1.29 is 4.79 Å². The molecule has 41 heavy (non-hydrogen) atoms. The first-order valence-electron chi connectivity index (χ1n) is 14.4. The van der Waals surface area contributed by atoms with Crippen LogP contribution in [0.3, 0.4) is 0 Å². The van der Waals surface area contributed by atoms with Crippen LogP contribution >= 0.6 is 0 Å². The first-order chi connectivity index (χ1) is 19.8. The van der Waals surface area contributed by atoms with Crippen LogP contribution in [0.5, 0.6) is 0 Å². The van der Waals surface area contributed by atoms with E-state index < -0.39 is 0 Å². The summed E-state index contributed by atoms with van der Waals surface area (Å²) in [5.74, 6) is 3.11. The van der Waals surface area contributed by atoms with E-state index in [1.807, 2.05) is 31.1 Å². The number of aromatic nitrogens is 3. The van der Waals surface area contributed by atoms with E-state index in [4.69, 9.17) is 11.4 Å². The molecule has 3 aromatic rings. The van der Waals surface area contributed by atoms with Gasteiger partial charge in [0, 0.05) is 80.4 Å². The summed E-state index contributed by atoms with van der Waals surface area (Å²) in [4.78, 5) is 41.7. The number of nitrogens with zero attached hydrogens (tertiary/aromatic N) is 6. The summed E-state index contributed by atoms with van der Waals surface area (Å²) in [5, 5.41) is 7.14. The summed E-state index contributed by atoms with van der Waals surface area (Å²) < 4.78 is 1.77. The number of pyridine rings is 1. The molecule has 2 aromatic heterocycles. The third-order valence-electron chi connectivity index (χ3n) is 8.15. The van der Waals surface area contributed by atoms with Gasteiger partial charge >= 0.3 is 0 Å². The van der Waals surface area contributed by atoms with Crippen LogP contribution in [-0.4, -0.2) is 90.2 Å². The van der Waals surface area contributed by atoms with Crippen LogP contribution in [0.25, 0.3) is 11.0 Å². The van der Waals surface area contributed by atoms with Crippen LogP contribution in [0.2, 0.25) is 0 Å². The third kappa shape index (κ3) is 6.87. The van der Waals surface area contributed by atoms with Crippen molar-refractivity contribution in [2.45, 2.75) is 44.2 Å². The molecule has 0 bridgehead atoms. The van der Waals surface area contributed by atoms with Crippen molar-refractivity contribution in [3.8, 4) is 12.3 Å². The predicted octanol–water partition coefficient (Wildman–Crippen LogP) is 2.82. The van der Waals surface area contributed by atoms with Gasteiger partial charge in [-0.15, -0.1) is 6.42 Å². The molecular formula is C31H40N8O2. The molecule has 2 aliphatic rings. The smallest absolute Gasteiger partial charge is 0.253 e. The number of carbonyl (C=O) groups excluding carboxylic acids is 1. The minimum atomic E-state index is -0.162. The number of hydrogen-bond acceptors (Lipinski definition) is 8. The van der Waals surface area contributed by atoms with E-state index in [0.717, 1.165) is 64.1 Å². The van der Waals surface area contributed by atoms with E-state index in [1.165, 1.54) is 11.8 Å². The molecule has 1 aliphatic heterocycles. The predicted molar refractivity (Wildman–Crippen MR) is 164 cm³/mol. The molecule has 0 unspecified atom stereocenters. The average molecular weight is 557 g/mol. The average Bonchev–Trinajstić information content (AvgIpc) is 2.97. The fraction of sp³-hybridized carbons (Fsp3) is 0.484. The molecule has 1 aliphatic carbocycles. The lowest BCUT2D eigenvalue weighted by atomic mass is 9.90. The Morgan fingerprint density at radius 1 is 1.10 bits per heavy atom. The van der Waals surface area contributed by atoms with Crippen molar-refractivity contribution >= 4 is 34.3 Å². The topological polar surface area (TPSA) is 98.6 Å². The second-order valence-corrected chi connectivity index (χ2v) is 11.4. The number of piperazine rings is 1. The zero-order valence-corrected chi connectivity index (χ0v) is 24.3. The van der Waals surface area contributed by atoms with E-state index in [-0.39, 0.29) is 23.6 Å². The molecule has 1 saturated carbocycles. The van der Waals surface area contributed by atoms with Crippen LogP contribution in [-0.2, 0) is 4.79 Å². The normalized spacial score (nSPS) is 19.7. The SMILES string of the molecule is C#Cc1cc(=O)n(C2CCC(NC(=O)CCN(C)C)CC2)c2nc(Nc3ccc(N4CCN(C)CC4)cc3)ncc12. The van der Waals surface area contributed by atoms with Crippen LogP contribution in [0.4, 0.5) is 17.3 Å². The lowest BCUT2D eigenvalue weighted by molar-refractivity contribution is -0.122. The molecule has 1 saturated heterocycles. The summed E-state index contributed by atoms with van der Waals surface area (Å²) >= 11 is 0. The lowest BCUT2D eigenvalue weighted by Crippen LogP contribution is -2.44. The van der Waals surface area contributed by atoms with E-state index in [2.05, 4.69) is 50.5 Å². The maximum Gasteiger partial charge on any atom is 0.253 e. The number of hydrogen-bond donors (Lipinski definition) is 2. The van der Waals surface area contributed by atoms with Gasteiger partial charge in [-0.05, 0) is 71.1 Å². The molecule has 5 rings (SSSR count). The quantitative estimate of drug-likeness (QED) is 0.409.